The topological polar surface area (TPSA) is 79.7 Å². The molecule has 0 aliphatic carbocycles. The van der Waals surface area contributed by atoms with Gasteiger partial charge in [-0.25, -0.2) is 9.78 Å². The number of aromatic nitrogens is 2. The molecule has 2 fully saturated rings. The molecule has 2 aromatic rings. The number of ether oxygens (including phenoxy) is 1. The van der Waals surface area contributed by atoms with E-state index in [1.807, 2.05) is 34.8 Å². The molecule has 29 heavy (non-hydrogen) atoms. The molecule has 3 aliphatic heterocycles. The van der Waals surface area contributed by atoms with Gasteiger partial charge in [-0.05, 0) is 23.6 Å². The van der Waals surface area contributed by atoms with Gasteiger partial charge in [-0.3, -0.25) is 9.69 Å². The van der Waals surface area contributed by atoms with Crippen molar-refractivity contribution in [3.05, 3.63) is 47.5 Å². The second-order valence-electron chi connectivity index (χ2n) is 8.03. The number of aryl methyl sites for hydroxylation is 1. The summed E-state index contributed by atoms with van der Waals surface area (Å²) in [5.41, 5.74) is 4.16. The van der Waals surface area contributed by atoms with Crippen molar-refractivity contribution in [1.82, 2.24) is 19.8 Å². The highest BCUT2D eigenvalue weighted by molar-refractivity contribution is 5.90. The predicted molar refractivity (Wildman–Crippen MR) is 107 cm³/mol. The highest BCUT2D eigenvalue weighted by Gasteiger charge is 2.39. The van der Waals surface area contributed by atoms with E-state index in [2.05, 4.69) is 16.4 Å². The quantitative estimate of drug-likeness (QED) is 0.847. The second kappa shape index (κ2) is 7.18. The highest BCUT2D eigenvalue weighted by atomic mass is 16.6. The number of amides is 2. The molecule has 0 radical (unpaired) electrons. The SMILES string of the molecule is Cn1cnc([C@@H]2CNC[C@H]2C(=O)N2CCc3c(cccc3N3CCOC3=O)C2)c1. The Balaban J connectivity index is 1.35. The molecule has 2 saturated heterocycles. The van der Waals surface area contributed by atoms with Crippen LogP contribution in [0.15, 0.2) is 30.7 Å². The molecule has 4 heterocycles. The molecule has 2 amide bonds. The fourth-order valence-electron chi connectivity index (χ4n) is 4.75. The van der Waals surface area contributed by atoms with Gasteiger partial charge in [0.25, 0.3) is 0 Å². The van der Waals surface area contributed by atoms with Gasteiger partial charge in [0.1, 0.15) is 6.61 Å². The van der Waals surface area contributed by atoms with Crippen molar-refractivity contribution < 1.29 is 14.3 Å². The molecular weight excluding hydrogens is 370 g/mol. The van der Waals surface area contributed by atoms with Gasteiger partial charge in [0.15, 0.2) is 0 Å². The number of cyclic esters (lactones) is 1. The third kappa shape index (κ3) is 3.17. The molecule has 0 bridgehead atoms. The lowest BCUT2D eigenvalue weighted by atomic mass is 9.90. The first-order valence-electron chi connectivity index (χ1n) is 10.1. The van der Waals surface area contributed by atoms with Gasteiger partial charge in [0.05, 0.1) is 30.2 Å². The molecule has 1 aromatic carbocycles. The number of hydrogen-bond acceptors (Lipinski definition) is 5. The number of carbonyl (C=O) groups is 2. The van der Waals surface area contributed by atoms with E-state index in [0.717, 1.165) is 35.5 Å². The zero-order valence-electron chi connectivity index (χ0n) is 16.5. The average Bonchev–Trinajstić information content (AvgIpc) is 3.47. The number of benzene rings is 1. The Hall–Kier alpha value is -2.87. The van der Waals surface area contributed by atoms with Gasteiger partial charge in [0.2, 0.25) is 5.91 Å². The van der Waals surface area contributed by atoms with Crippen LogP contribution in [0.2, 0.25) is 0 Å². The summed E-state index contributed by atoms with van der Waals surface area (Å²) in [7, 11) is 1.95. The molecular formula is C21H25N5O3. The number of carbonyl (C=O) groups excluding carboxylic acids is 2. The zero-order valence-corrected chi connectivity index (χ0v) is 16.5. The normalized spacial score (nSPS) is 24.0. The Morgan fingerprint density at radius 2 is 2.17 bits per heavy atom. The summed E-state index contributed by atoms with van der Waals surface area (Å²) in [4.78, 5) is 33.5. The van der Waals surface area contributed by atoms with Gasteiger partial charge in [-0.1, -0.05) is 12.1 Å². The predicted octanol–water partition coefficient (Wildman–Crippen LogP) is 1.26. The molecule has 152 valence electrons. The maximum atomic E-state index is 13.4. The summed E-state index contributed by atoms with van der Waals surface area (Å²) in [5, 5.41) is 3.37. The number of rotatable bonds is 3. The van der Waals surface area contributed by atoms with Crippen molar-refractivity contribution in [3.63, 3.8) is 0 Å². The Morgan fingerprint density at radius 1 is 1.28 bits per heavy atom. The van der Waals surface area contributed by atoms with E-state index >= 15 is 0 Å². The van der Waals surface area contributed by atoms with Crippen LogP contribution in [0.4, 0.5) is 10.5 Å². The fraction of sp³-hybridized carbons (Fsp3) is 0.476. The minimum Gasteiger partial charge on any atom is -0.447 e. The van der Waals surface area contributed by atoms with Crippen LogP contribution in [0.3, 0.4) is 0 Å². The van der Waals surface area contributed by atoms with Gasteiger partial charge in [0, 0.05) is 45.3 Å². The van der Waals surface area contributed by atoms with Crippen LogP contribution >= 0.6 is 0 Å². The molecule has 2 atom stereocenters. The van der Waals surface area contributed by atoms with Crippen molar-refractivity contribution >= 4 is 17.7 Å². The molecule has 0 unspecified atom stereocenters. The van der Waals surface area contributed by atoms with Crippen LogP contribution in [0.1, 0.15) is 22.7 Å². The van der Waals surface area contributed by atoms with Crippen molar-refractivity contribution in [2.24, 2.45) is 13.0 Å². The summed E-state index contributed by atoms with van der Waals surface area (Å²) in [5.74, 6) is 0.196. The van der Waals surface area contributed by atoms with E-state index < -0.39 is 0 Å². The Labute approximate surface area is 169 Å². The summed E-state index contributed by atoms with van der Waals surface area (Å²) >= 11 is 0. The van der Waals surface area contributed by atoms with Gasteiger partial charge in [-0.15, -0.1) is 0 Å². The van der Waals surface area contributed by atoms with Crippen LogP contribution in [-0.2, 0) is 29.5 Å². The second-order valence-corrected chi connectivity index (χ2v) is 8.03. The number of nitrogens with one attached hydrogen (secondary N) is 1. The lowest BCUT2D eigenvalue weighted by Crippen LogP contribution is -2.42. The minimum absolute atomic E-state index is 0.0943. The fourth-order valence-corrected chi connectivity index (χ4v) is 4.75. The number of hydrogen-bond donors (Lipinski definition) is 1. The Bertz CT molecular complexity index is 956. The maximum Gasteiger partial charge on any atom is 0.414 e. The third-order valence-corrected chi connectivity index (χ3v) is 6.24. The molecule has 0 saturated carbocycles. The van der Waals surface area contributed by atoms with Crippen molar-refractivity contribution in [3.8, 4) is 0 Å². The summed E-state index contributed by atoms with van der Waals surface area (Å²) in [6, 6.07) is 5.99. The smallest absolute Gasteiger partial charge is 0.414 e. The number of nitrogens with zero attached hydrogens (tertiary/aromatic N) is 4. The molecule has 1 aromatic heterocycles. The number of fused-ring (bicyclic) bond motifs is 1. The van der Waals surface area contributed by atoms with Crippen LogP contribution in [0.5, 0.6) is 0 Å². The van der Waals surface area contributed by atoms with Crippen molar-refractivity contribution in [1.29, 1.82) is 0 Å². The van der Waals surface area contributed by atoms with E-state index in [1.54, 1.807) is 11.2 Å². The highest BCUT2D eigenvalue weighted by Crippen LogP contribution is 2.33. The monoisotopic (exact) mass is 395 g/mol. The standard InChI is InChI=1S/C21H25N5O3/c1-24-12-18(23-13-24)16-9-22-10-17(16)20(27)25-6-5-15-14(11-25)3-2-4-19(15)26-7-8-29-21(26)28/h2-4,12-13,16-17,22H,5-11H2,1H3/t16-,17-/m1/s1. The zero-order chi connectivity index (χ0) is 20.0. The molecule has 1 N–H and O–H groups in total. The van der Waals surface area contributed by atoms with Gasteiger partial charge >= 0.3 is 6.09 Å². The minimum atomic E-state index is -0.285. The number of imidazole rings is 1. The lowest BCUT2D eigenvalue weighted by molar-refractivity contribution is -0.136. The average molecular weight is 395 g/mol. The largest absolute Gasteiger partial charge is 0.447 e. The molecule has 8 nitrogen and oxygen atoms in total. The molecule has 8 heteroatoms. The van der Waals surface area contributed by atoms with Crippen LogP contribution < -0.4 is 10.2 Å². The Morgan fingerprint density at radius 3 is 2.93 bits per heavy atom. The number of anilines is 1. The lowest BCUT2D eigenvalue weighted by Gasteiger charge is -2.33. The first-order chi connectivity index (χ1) is 14.1. The van der Waals surface area contributed by atoms with E-state index in [9.17, 15) is 9.59 Å². The first kappa shape index (κ1) is 18.2. The van der Waals surface area contributed by atoms with Crippen molar-refractivity contribution in [2.75, 3.05) is 37.7 Å². The van der Waals surface area contributed by atoms with Crippen LogP contribution in [-0.4, -0.2) is 59.2 Å². The van der Waals surface area contributed by atoms with Crippen LogP contribution in [0.25, 0.3) is 0 Å². The Kier molecular flexibility index (Phi) is 4.50. The molecule has 5 rings (SSSR count). The molecule has 3 aliphatic rings. The van der Waals surface area contributed by atoms with E-state index in [-0.39, 0.29) is 23.8 Å². The van der Waals surface area contributed by atoms with E-state index in [0.29, 0.717) is 32.8 Å². The maximum absolute atomic E-state index is 13.4. The first-order valence-corrected chi connectivity index (χ1v) is 10.1. The summed E-state index contributed by atoms with van der Waals surface area (Å²) in [6.45, 7) is 3.71. The van der Waals surface area contributed by atoms with Gasteiger partial charge < -0.3 is 19.5 Å². The van der Waals surface area contributed by atoms with E-state index in [1.165, 1.54) is 0 Å². The van der Waals surface area contributed by atoms with E-state index in [4.69, 9.17) is 4.74 Å². The van der Waals surface area contributed by atoms with Crippen molar-refractivity contribution in [2.45, 2.75) is 18.9 Å². The summed E-state index contributed by atoms with van der Waals surface area (Å²) < 4.78 is 7.03. The molecule has 0 spiro atoms. The summed E-state index contributed by atoms with van der Waals surface area (Å²) in [6.07, 6.45) is 4.25. The third-order valence-electron chi connectivity index (χ3n) is 6.24. The van der Waals surface area contributed by atoms with Gasteiger partial charge in [-0.2, -0.15) is 0 Å². The van der Waals surface area contributed by atoms with Crippen LogP contribution in [0, 0.1) is 5.92 Å².